The van der Waals surface area contributed by atoms with Crippen molar-refractivity contribution in [3.8, 4) is 0 Å². The van der Waals surface area contributed by atoms with Crippen molar-refractivity contribution >= 4 is 46.3 Å². The average molecular weight is 432 g/mol. The van der Waals surface area contributed by atoms with Crippen LogP contribution in [0.25, 0.3) is 0 Å². The first-order valence-corrected chi connectivity index (χ1v) is 10.5. The summed E-state index contributed by atoms with van der Waals surface area (Å²) in [6, 6.07) is 13.4. The highest BCUT2D eigenvalue weighted by Gasteiger charge is 2.16. The van der Waals surface area contributed by atoms with Gasteiger partial charge in [0.25, 0.3) is 0 Å². The minimum Gasteiger partial charge on any atom is -0.465 e. The predicted octanol–water partition coefficient (Wildman–Crippen LogP) is 4.85. The van der Waals surface area contributed by atoms with Crippen LogP contribution in [0.3, 0.4) is 0 Å². The van der Waals surface area contributed by atoms with Gasteiger partial charge in [-0.05, 0) is 66.9 Å². The lowest BCUT2D eigenvalue weighted by atomic mass is 9.99. The highest BCUT2D eigenvalue weighted by Crippen LogP contribution is 2.24. The minimum atomic E-state index is -0.424. The van der Waals surface area contributed by atoms with E-state index < -0.39 is 5.97 Å². The number of nitrogens with one attached hydrogen (secondary N) is 2. The standard InChI is InChI=1S/C22H26ClN3O2S/c1-15-4-3-11-26(14-15)18-8-5-16(6-9-18)13-24-22(29)25-20-12-17(21(27)28-2)7-10-19(20)23/h5-10,12,15H,3-4,11,13-14H2,1-2H3,(H2,24,25,29)/t15-/m1/s1. The van der Waals surface area contributed by atoms with Crippen molar-refractivity contribution in [3.63, 3.8) is 0 Å². The normalized spacial score (nSPS) is 16.2. The Morgan fingerprint density at radius 2 is 2.03 bits per heavy atom. The fourth-order valence-corrected chi connectivity index (χ4v) is 3.81. The van der Waals surface area contributed by atoms with E-state index in [1.165, 1.54) is 25.6 Å². The van der Waals surface area contributed by atoms with E-state index in [1.807, 2.05) is 0 Å². The maximum Gasteiger partial charge on any atom is 0.337 e. The third kappa shape index (κ3) is 5.84. The lowest BCUT2D eigenvalue weighted by Gasteiger charge is -2.32. The zero-order valence-electron chi connectivity index (χ0n) is 16.7. The van der Waals surface area contributed by atoms with Gasteiger partial charge < -0.3 is 20.3 Å². The molecule has 0 saturated carbocycles. The first kappa shape index (κ1) is 21.4. The van der Waals surface area contributed by atoms with Gasteiger partial charge >= 0.3 is 5.97 Å². The molecule has 2 N–H and O–H groups in total. The molecule has 0 spiro atoms. The molecule has 1 aliphatic heterocycles. The van der Waals surface area contributed by atoms with Gasteiger partial charge in [-0.2, -0.15) is 0 Å². The Morgan fingerprint density at radius 1 is 1.28 bits per heavy atom. The van der Waals surface area contributed by atoms with Crippen molar-refractivity contribution in [2.45, 2.75) is 26.3 Å². The molecule has 0 unspecified atom stereocenters. The van der Waals surface area contributed by atoms with E-state index in [4.69, 9.17) is 28.6 Å². The summed E-state index contributed by atoms with van der Waals surface area (Å²) in [4.78, 5) is 14.1. The van der Waals surface area contributed by atoms with Crippen molar-refractivity contribution in [2.24, 2.45) is 5.92 Å². The van der Waals surface area contributed by atoms with Crippen LogP contribution in [-0.2, 0) is 11.3 Å². The molecule has 1 aliphatic rings. The van der Waals surface area contributed by atoms with Crippen molar-refractivity contribution < 1.29 is 9.53 Å². The number of carbonyl (C=O) groups excluding carboxylic acids is 1. The summed E-state index contributed by atoms with van der Waals surface area (Å²) >= 11 is 11.6. The van der Waals surface area contributed by atoms with Gasteiger partial charge in [-0.1, -0.05) is 30.7 Å². The number of hydrogen-bond donors (Lipinski definition) is 2. The number of benzene rings is 2. The molecule has 0 aromatic heterocycles. The molecule has 3 rings (SSSR count). The number of anilines is 2. The maximum atomic E-state index is 11.7. The molecule has 0 radical (unpaired) electrons. The number of methoxy groups -OCH3 is 1. The van der Waals surface area contributed by atoms with Crippen LogP contribution >= 0.6 is 23.8 Å². The molecule has 29 heavy (non-hydrogen) atoms. The SMILES string of the molecule is COC(=O)c1ccc(Cl)c(NC(=S)NCc2ccc(N3CCC[C@@H](C)C3)cc2)c1. The van der Waals surface area contributed by atoms with Gasteiger partial charge in [0.15, 0.2) is 5.11 Å². The molecular formula is C22H26ClN3O2S. The Hall–Kier alpha value is -2.31. The number of hydrogen-bond acceptors (Lipinski definition) is 4. The Balaban J connectivity index is 1.55. The molecule has 7 heteroatoms. The zero-order valence-corrected chi connectivity index (χ0v) is 18.3. The van der Waals surface area contributed by atoms with Crippen molar-refractivity contribution in [3.05, 3.63) is 58.6 Å². The third-order valence-corrected chi connectivity index (χ3v) is 5.62. The molecule has 5 nitrogen and oxygen atoms in total. The van der Waals surface area contributed by atoms with Gasteiger partial charge in [0, 0.05) is 25.3 Å². The topological polar surface area (TPSA) is 53.6 Å². The van der Waals surface area contributed by atoms with E-state index in [0.717, 1.165) is 24.6 Å². The zero-order chi connectivity index (χ0) is 20.8. The van der Waals surface area contributed by atoms with E-state index in [-0.39, 0.29) is 0 Å². The third-order valence-electron chi connectivity index (χ3n) is 5.05. The summed E-state index contributed by atoms with van der Waals surface area (Å²) < 4.78 is 4.74. The summed E-state index contributed by atoms with van der Waals surface area (Å²) in [5, 5.41) is 7.12. The Bertz CT molecular complexity index is 873. The van der Waals surface area contributed by atoms with Crippen molar-refractivity contribution in [1.82, 2.24) is 5.32 Å². The molecule has 0 amide bonds. The molecule has 0 bridgehead atoms. The van der Waals surface area contributed by atoms with Crippen LogP contribution in [0.15, 0.2) is 42.5 Å². The summed E-state index contributed by atoms with van der Waals surface area (Å²) in [5.74, 6) is 0.324. The summed E-state index contributed by atoms with van der Waals surface area (Å²) in [6.07, 6.45) is 2.57. The van der Waals surface area contributed by atoms with Gasteiger partial charge in [-0.25, -0.2) is 4.79 Å². The van der Waals surface area contributed by atoms with Crippen molar-refractivity contribution in [1.29, 1.82) is 0 Å². The van der Waals surface area contributed by atoms with Crippen LogP contribution in [0, 0.1) is 5.92 Å². The molecule has 1 atom stereocenters. The highest BCUT2D eigenvalue weighted by atomic mass is 35.5. The summed E-state index contributed by atoms with van der Waals surface area (Å²) in [5.41, 5.74) is 3.37. The molecule has 154 valence electrons. The Kier molecular flexibility index (Phi) is 7.34. The van der Waals surface area contributed by atoms with Gasteiger partial charge in [0.1, 0.15) is 0 Å². The maximum absolute atomic E-state index is 11.7. The average Bonchev–Trinajstić information content (AvgIpc) is 2.73. The first-order valence-electron chi connectivity index (χ1n) is 9.73. The van der Waals surface area contributed by atoms with Gasteiger partial charge in [0.2, 0.25) is 0 Å². The lowest BCUT2D eigenvalue weighted by Crippen LogP contribution is -2.34. The molecular weight excluding hydrogens is 406 g/mol. The van der Waals surface area contributed by atoms with Gasteiger partial charge in [-0.15, -0.1) is 0 Å². The second-order valence-electron chi connectivity index (χ2n) is 7.35. The highest BCUT2D eigenvalue weighted by molar-refractivity contribution is 7.80. The van der Waals surface area contributed by atoms with Crippen LogP contribution < -0.4 is 15.5 Å². The largest absolute Gasteiger partial charge is 0.465 e. The van der Waals surface area contributed by atoms with Crippen LogP contribution in [-0.4, -0.2) is 31.3 Å². The number of piperidine rings is 1. The number of esters is 1. The summed E-state index contributed by atoms with van der Waals surface area (Å²) in [6.45, 7) is 5.15. The monoisotopic (exact) mass is 431 g/mol. The minimum absolute atomic E-state index is 0.407. The van der Waals surface area contributed by atoms with Crippen LogP contribution in [0.2, 0.25) is 5.02 Å². The van der Waals surface area contributed by atoms with E-state index in [9.17, 15) is 4.79 Å². The van der Waals surface area contributed by atoms with Crippen LogP contribution in [0.1, 0.15) is 35.7 Å². The fraction of sp³-hybridized carbons (Fsp3) is 0.364. The second-order valence-corrected chi connectivity index (χ2v) is 8.17. The predicted molar refractivity (Wildman–Crippen MR) is 123 cm³/mol. The van der Waals surface area contributed by atoms with E-state index in [1.54, 1.807) is 18.2 Å². The molecule has 2 aromatic carbocycles. The number of nitrogens with zero attached hydrogens (tertiary/aromatic N) is 1. The van der Waals surface area contributed by atoms with Crippen LogP contribution in [0.5, 0.6) is 0 Å². The molecule has 1 heterocycles. The quantitative estimate of drug-likeness (QED) is 0.521. The van der Waals surface area contributed by atoms with E-state index >= 15 is 0 Å². The number of halogens is 1. The molecule has 1 fully saturated rings. The number of carbonyl (C=O) groups is 1. The van der Waals surface area contributed by atoms with Gasteiger partial charge in [-0.3, -0.25) is 0 Å². The first-order chi connectivity index (χ1) is 14.0. The van der Waals surface area contributed by atoms with E-state index in [0.29, 0.717) is 27.9 Å². The fourth-order valence-electron chi connectivity index (χ4n) is 3.46. The second kappa shape index (κ2) is 9.94. The van der Waals surface area contributed by atoms with Gasteiger partial charge in [0.05, 0.1) is 23.4 Å². The lowest BCUT2D eigenvalue weighted by molar-refractivity contribution is 0.0601. The molecule has 0 aliphatic carbocycles. The van der Waals surface area contributed by atoms with Crippen LogP contribution in [0.4, 0.5) is 11.4 Å². The molecule has 2 aromatic rings. The smallest absolute Gasteiger partial charge is 0.337 e. The van der Waals surface area contributed by atoms with Crippen molar-refractivity contribution in [2.75, 3.05) is 30.4 Å². The Morgan fingerprint density at radius 3 is 2.72 bits per heavy atom. The number of rotatable bonds is 5. The van der Waals surface area contributed by atoms with E-state index in [2.05, 4.69) is 46.7 Å². The summed E-state index contributed by atoms with van der Waals surface area (Å²) in [7, 11) is 1.34. The number of ether oxygens (including phenoxy) is 1. The Labute approximate surface area is 182 Å². The number of thiocarbonyl (C=S) groups is 1. The molecule has 1 saturated heterocycles.